The molecule has 0 unspecified atom stereocenters. The van der Waals surface area contributed by atoms with Gasteiger partial charge in [0.2, 0.25) is 0 Å². The second kappa shape index (κ2) is 8.79. The van der Waals surface area contributed by atoms with Gasteiger partial charge in [0.15, 0.2) is 5.11 Å². The first-order valence-electron chi connectivity index (χ1n) is 8.59. The molecule has 1 heterocycles. The zero-order valence-electron chi connectivity index (χ0n) is 14.9. The standard InChI is InChI=1S/C20H18F2N2O3S/c1-2-26-18(25)15-16(12-8-4-3-5-9-12)23-20(28)24-17(15)13-10-6-7-11-14(13)27-19(21)22/h3-11,17,19H,2H2,1H3,(H2,23,24,28)/t17-/m1/s1. The number of alkyl halides is 2. The topological polar surface area (TPSA) is 59.6 Å². The van der Waals surface area contributed by atoms with Crippen molar-refractivity contribution in [2.24, 2.45) is 0 Å². The summed E-state index contributed by atoms with van der Waals surface area (Å²) < 4.78 is 35.6. The van der Waals surface area contributed by atoms with Gasteiger partial charge in [0.1, 0.15) is 5.75 Å². The van der Waals surface area contributed by atoms with Crippen LogP contribution in [0.3, 0.4) is 0 Å². The van der Waals surface area contributed by atoms with E-state index in [9.17, 15) is 13.6 Å². The fourth-order valence-electron chi connectivity index (χ4n) is 2.98. The van der Waals surface area contributed by atoms with Gasteiger partial charge in [0.25, 0.3) is 0 Å². The van der Waals surface area contributed by atoms with E-state index in [1.54, 1.807) is 25.1 Å². The fourth-order valence-corrected chi connectivity index (χ4v) is 3.20. The summed E-state index contributed by atoms with van der Waals surface area (Å²) in [5.41, 5.74) is 1.75. The highest BCUT2D eigenvalue weighted by molar-refractivity contribution is 7.80. The van der Waals surface area contributed by atoms with Crippen LogP contribution < -0.4 is 15.4 Å². The number of rotatable bonds is 6. The maximum atomic E-state index is 12.9. The maximum absolute atomic E-state index is 12.9. The average molecular weight is 404 g/mol. The third kappa shape index (κ3) is 4.28. The Morgan fingerprint density at radius 3 is 2.50 bits per heavy atom. The van der Waals surface area contributed by atoms with Crippen molar-refractivity contribution >= 4 is 29.0 Å². The zero-order chi connectivity index (χ0) is 20.1. The van der Waals surface area contributed by atoms with Crippen LogP contribution in [0.1, 0.15) is 24.1 Å². The van der Waals surface area contributed by atoms with Crippen molar-refractivity contribution in [2.75, 3.05) is 6.61 Å². The number of hydrogen-bond donors (Lipinski definition) is 2. The summed E-state index contributed by atoms with van der Waals surface area (Å²) >= 11 is 5.30. The van der Waals surface area contributed by atoms with Crippen LogP contribution in [-0.2, 0) is 9.53 Å². The second-order valence-corrected chi connectivity index (χ2v) is 6.23. The van der Waals surface area contributed by atoms with E-state index in [0.717, 1.165) is 0 Å². The summed E-state index contributed by atoms with van der Waals surface area (Å²) in [5, 5.41) is 6.22. The Labute approximate surface area is 166 Å². The van der Waals surface area contributed by atoms with E-state index in [1.165, 1.54) is 6.07 Å². The molecule has 0 saturated carbocycles. The lowest BCUT2D eigenvalue weighted by Gasteiger charge is -2.32. The van der Waals surface area contributed by atoms with Gasteiger partial charge >= 0.3 is 12.6 Å². The van der Waals surface area contributed by atoms with Gasteiger partial charge in [0.05, 0.1) is 23.9 Å². The molecule has 1 aliphatic rings. The Bertz CT molecular complexity index is 903. The number of para-hydroxylation sites is 1. The molecule has 2 aromatic rings. The Kier molecular flexibility index (Phi) is 6.20. The molecule has 0 saturated heterocycles. The largest absolute Gasteiger partial charge is 0.463 e. The predicted octanol–water partition coefficient (Wildman–Crippen LogP) is 3.78. The van der Waals surface area contributed by atoms with Crippen LogP contribution in [0.2, 0.25) is 0 Å². The molecule has 0 aromatic heterocycles. The summed E-state index contributed by atoms with van der Waals surface area (Å²) in [5.74, 6) is -0.630. The summed E-state index contributed by atoms with van der Waals surface area (Å²) in [4.78, 5) is 12.8. The number of thiocarbonyl (C=S) groups is 1. The van der Waals surface area contributed by atoms with E-state index in [-0.39, 0.29) is 23.0 Å². The minimum atomic E-state index is -3.00. The zero-order valence-corrected chi connectivity index (χ0v) is 15.8. The molecule has 28 heavy (non-hydrogen) atoms. The van der Waals surface area contributed by atoms with E-state index in [2.05, 4.69) is 15.4 Å². The summed E-state index contributed by atoms with van der Waals surface area (Å²) in [6, 6.07) is 14.6. The van der Waals surface area contributed by atoms with Gasteiger partial charge in [-0.2, -0.15) is 8.78 Å². The van der Waals surface area contributed by atoms with Gasteiger partial charge in [-0.15, -0.1) is 0 Å². The maximum Gasteiger partial charge on any atom is 0.387 e. The lowest BCUT2D eigenvalue weighted by molar-refractivity contribution is -0.138. The van der Waals surface area contributed by atoms with Crippen LogP contribution in [0.25, 0.3) is 5.70 Å². The van der Waals surface area contributed by atoms with Crippen LogP contribution in [0.4, 0.5) is 8.78 Å². The number of hydrogen-bond acceptors (Lipinski definition) is 4. The van der Waals surface area contributed by atoms with E-state index in [1.807, 2.05) is 30.3 Å². The van der Waals surface area contributed by atoms with Crippen molar-refractivity contribution in [3.8, 4) is 5.75 Å². The SMILES string of the molecule is CCOC(=O)C1=C(c2ccccc2)NC(=S)N[C@@H]1c1ccccc1OC(F)F. The van der Waals surface area contributed by atoms with Gasteiger partial charge in [-0.1, -0.05) is 48.5 Å². The van der Waals surface area contributed by atoms with E-state index < -0.39 is 18.6 Å². The first kappa shape index (κ1) is 19.8. The predicted molar refractivity (Wildman–Crippen MR) is 105 cm³/mol. The lowest BCUT2D eigenvalue weighted by Crippen LogP contribution is -2.45. The van der Waals surface area contributed by atoms with Crippen molar-refractivity contribution in [3.05, 3.63) is 71.3 Å². The molecule has 1 aliphatic heterocycles. The molecule has 3 rings (SSSR count). The van der Waals surface area contributed by atoms with Crippen molar-refractivity contribution in [1.29, 1.82) is 0 Å². The Morgan fingerprint density at radius 1 is 1.14 bits per heavy atom. The number of halogens is 2. The smallest absolute Gasteiger partial charge is 0.387 e. The summed E-state index contributed by atoms with van der Waals surface area (Å²) in [6.07, 6.45) is 0. The molecule has 2 N–H and O–H groups in total. The second-order valence-electron chi connectivity index (χ2n) is 5.82. The lowest BCUT2D eigenvalue weighted by atomic mass is 9.92. The molecule has 0 aliphatic carbocycles. The third-order valence-electron chi connectivity index (χ3n) is 4.08. The molecule has 146 valence electrons. The van der Waals surface area contributed by atoms with Crippen LogP contribution in [0, 0.1) is 0 Å². The molecule has 8 heteroatoms. The van der Waals surface area contributed by atoms with Gasteiger partial charge in [-0.25, -0.2) is 4.79 Å². The van der Waals surface area contributed by atoms with Crippen LogP contribution in [0.15, 0.2) is 60.2 Å². The first-order valence-corrected chi connectivity index (χ1v) is 9.00. The normalized spacial score (nSPS) is 16.4. The monoisotopic (exact) mass is 404 g/mol. The van der Waals surface area contributed by atoms with Crippen LogP contribution in [0.5, 0.6) is 5.75 Å². The molecule has 2 aromatic carbocycles. The Hall–Kier alpha value is -3.00. The number of ether oxygens (including phenoxy) is 2. The molecule has 0 bridgehead atoms. The number of benzene rings is 2. The number of nitrogens with one attached hydrogen (secondary N) is 2. The Balaban J connectivity index is 2.18. The van der Waals surface area contributed by atoms with E-state index in [0.29, 0.717) is 16.8 Å². The van der Waals surface area contributed by atoms with Crippen molar-refractivity contribution in [3.63, 3.8) is 0 Å². The number of esters is 1. The molecule has 0 amide bonds. The van der Waals surface area contributed by atoms with Gasteiger partial charge in [0, 0.05) is 5.56 Å². The molecule has 0 radical (unpaired) electrons. The number of carbonyl (C=O) groups excluding carboxylic acids is 1. The third-order valence-corrected chi connectivity index (χ3v) is 4.30. The van der Waals surface area contributed by atoms with Gasteiger partial charge in [-0.3, -0.25) is 0 Å². The minimum Gasteiger partial charge on any atom is -0.463 e. The van der Waals surface area contributed by atoms with E-state index >= 15 is 0 Å². The van der Waals surface area contributed by atoms with Gasteiger partial charge in [-0.05, 0) is 30.8 Å². The van der Waals surface area contributed by atoms with Crippen LogP contribution >= 0.6 is 12.2 Å². The van der Waals surface area contributed by atoms with E-state index in [4.69, 9.17) is 17.0 Å². The molecule has 0 fully saturated rings. The average Bonchev–Trinajstić information content (AvgIpc) is 2.68. The summed E-state index contributed by atoms with van der Waals surface area (Å²) in [6.45, 7) is -1.15. The highest BCUT2D eigenvalue weighted by atomic mass is 32.1. The number of carbonyl (C=O) groups is 1. The highest BCUT2D eigenvalue weighted by Crippen LogP contribution is 2.36. The molecular formula is C20H18F2N2O3S. The van der Waals surface area contributed by atoms with Gasteiger partial charge < -0.3 is 20.1 Å². The van der Waals surface area contributed by atoms with Crippen molar-refractivity contribution in [1.82, 2.24) is 10.6 Å². The van der Waals surface area contributed by atoms with Crippen molar-refractivity contribution in [2.45, 2.75) is 19.6 Å². The summed E-state index contributed by atoms with van der Waals surface area (Å²) in [7, 11) is 0. The molecule has 5 nitrogen and oxygen atoms in total. The molecule has 0 spiro atoms. The molecular weight excluding hydrogens is 386 g/mol. The highest BCUT2D eigenvalue weighted by Gasteiger charge is 2.34. The minimum absolute atomic E-state index is 0.0473. The quantitative estimate of drug-likeness (QED) is 0.565. The van der Waals surface area contributed by atoms with Crippen LogP contribution in [-0.4, -0.2) is 24.3 Å². The molecule has 1 atom stereocenters. The fraction of sp³-hybridized carbons (Fsp3) is 0.200. The van der Waals surface area contributed by atoms with Crippen molar-refractivity contribution < 1.29 is 23.0 Å². The Morgan fingerprint density at radius 2 is 1.82 bits per heavy atom. The first-order chi connectivity index (χ1) is 13.5.